The van der Waals surface area contributed by atoms with Crippen LogP contribution in [0.5, 0.6) is 0 Å². The number of ether oxygens (including phenoxy) is 1. The van der Waals surface area contributed by atoms with Gasteiger partial charge in [0, 0.05) is 31.2 Å². The molecule has 2 aromatic carbocycles. The van der Waals surface area contributed by atoms with Gasteiger partial charge in [-0.2, -0.15) is 30.9 Å². The van der Waals surface area contributed by atoms with Crippen molar-refractivity contribution in [2.75, 3.05) is 32.6 Å². The van der Waals surface area contributed by atoms with Crippen molar-refractivity contribution < 1.29 is 36.2 Å². The highest BCUT2D eigenvalue weighted by Crippen LogP contribution is 2.45. The first kappa shape index (κ1) is 35.2. The van der Waals surface area contributed by atoms with E-state index in [1.807, 2.05) is 16.9 Å². The zero-order chi connectivity index (χ0) is 33.5. The molecule has 0 saturated heterocycles. The van der Waals surface area contributed by atoms with E-state index in [-0.39, 0.29) is 18.4 Å². The Balaban J connectivity index is 1.32. The van der Waals surface area contributed by atoms with E-state index in [4.69, 9.17) is 16.3 Å². The van der Waals surface area contributed by atoms with Gasteiger partial charge in [-0.1, -0.05) is 35.9 Å². The molecule has 13 nitrogen and oxygen atoms in total. The Bertz CT molecular complexity index is 1520. The van der Waals surface area contributed by atoms with Crippen molar-refractivity contribution >= 4 is 45.4 Å². The maximum atomic E-state index is 12.9. The van der Waals surface area contributed by atoms with E-state index < -0.39 is 47.0 Å². The van der Waals surface area contributed by atoms with Crippen LogP contribution in [-0.4, -0.2) is 75.4 Å². The van der Waals surface area contributed by atoms with Gasteiger partial charge >= 0.3 is 16.4 Å². The molecular formula is C28H36ClF3N8O5S. The number of carbonyl (C=O) groups excluding carboxylic acids is 1. The molecule has 1 aliphatic carbocycles. The fourth-order valence-electron chi connectivity index (χ4n) is 4.35. The Morgan fingerprint density at radius 1 is 1.13 bits per heavy atom. The van der Waals surface area contributed by atoms with E-state index in [2.05, 4.69) is 31.3 Å². The molecule has 1 fully saturated rings. The number of nitrogens with one attached hydrogen (secondary N) is 5. The lowest BCUT2D eigenvalue weighted by atomic mass is 10.1. The van der Waals surface area contributed by atoms with Crippen LogP contribution in [0, 0.1) is 0 Å². The summed E-state index contributed by atoms with van der Waals surface area (Å²) < 4.78 is 69.8. The zero-order valence-corrected chi connectivity index (χ0v) is 26.6. The van der Waals surface area contributed by atoms with Crippen LogP contribution in [0.25, 0.3) is 0 Å². The summed E-state index contributed by atoms with van der Waals surface area (Å²) in [7, 11) is -1.20. The van der Waals surface area contributed by atoms with E-state index in [1.54, 1.807) is 36.4 Å². The number of unbranched alkanes of at least 4 members (excludes halogenated alkanes) is 1. The number of alkyl halides is 3. The summed E-state index contributed by atoms with van der Waals surface area (Å²) in [5.74, 6) is -0.430. The van der Waals surface area contributed by atoms with Gasteiger partial charge in [0.25, 0.3) is 6.02 Å². The Morgan fingerprint density at radius 3 is 2.41 bits per heavy atom. The number of nitrogens with zero attached hydrogens (tertiary/aromatic N) is 3. The van der Waals surface area contributed by atoms with Crippen LogP contribution >= 0.6 is 11.6 Å². The molecule has 0 aromatic heterocycles. The van der Waals surface area contributed by atoms with Gasteiger partial charge < -0.3 is 20.5 Å². The third-order valence-electron chi connectivity index (χ3n) is 7.01. The van der Waals surface area contributed by atoms with Crippen molar-refractivity contribution in [1.29, 1.82) is 0 Å². The summed E-state index contributed by atoms with van der Waals surface area (Å²) in [6.45, 7) is -1.17. The number of benzene rings is 2. The van der Waals surface area contributed by atoms with E-state index in [0.29, 0.717) is 35.7 Å². The lowest BCUT2D eigenvalue weighted by molar-refractivity contribution is -0.156. The van der Waals surface area contributed by atoms with Crippen molar-refractivity contribution in [1.82, 2.24) is 25.0 Å². The molecule has 1 amide bonds. The number of amidine groups is 1. The second-order valence-electron chi connectivity index (χ2n) is 10.9. The number of rotatable bonds is 14. The Hall–Kier alpha value is -3.64. The molecule has 0 radical (unpaired) electrons. The van der Waals surface area contributed by atoms with Gasteiger partial charge in [0.05, 0.1) is 5.54 Å². The lowest BCUT2D eigenvalue weighted by Gasteiger charge is -2.27. The van der Waals surface area contributed by atoms with E-state index in [1.165, 1.54) is 14.1 Å². The molecule has 1 aliphatic heterocycles. The average Bonchev–Trinajstić information content (AvgIpc) is 3.76. The van der Waals surface area contributed by atoms with Gasteiger partial charge in [-0.25, -0.2) is 9.71 Å². The topological polar surface area (TPSA) is 169 Å². The molecule has 4 rings (SSSR count). The van der Waals surface area contributed by atoms with Gasteiger partial charge in [0.1, 0.15) is 6.23 Å². The highest BCUT2D eigenvalue weighted by molar-refractivity contribution is 7.87. The van der Waals surface area contributed by atoms with Crippen LogP contribution in [-0.2, 0) is 25.3 Å². The number of amides is 1. The van der Waals surface area contributed by atoms with Gasteiger partial charge in [-0.15, -0.1) is 0 Å². The molecule has 6 N–H and O–H groups in total. The van der Waals surface area contributed by atoms with E-state index in [0.717, 1.165) is 22.7 Å². The van der Waals surface area contributed by atoms with Gasteiger partial charge in [-0.05, 0) is 67.6 Å². The van der Waals surface area contributed by atoms with Crippen LogP contribution in [0.3, 0.4) is 0 Å². The van der Waals surface area contributed by atoms with Crippen LogP contribution in [0.1, 0.15) is 49.5 Å². The monoisotopic (exact) mass is 688 g/mol. The van der Waals surface area contributed by atoms with E-state index in [9.17, 15) is 31.5 Å². The van der Waals surface area contributed by atoms with Gasteiger partial charge in [-0.3, -0.25) is 15.4 Å². The number of halogens is 4. The number of aliphatic hydroxyl groups is 1. The fourth-order valence-corrected chi connectivity index (χ4v) is 5.05. The van der Waals surface area contributed by atoms with Crippen molar-refractivity contribution in [2.45, 2.75) is 56.3 Å². The van der Waals surface area contributed by atoms with E-state index >= 15 is 0 Å². The first-order valence-electron chi connectivity index (χ1n) is 14.3. The summed E-state index contributed by atoms with van der Waals surface area (Å²) >= 11 is 6.02. The first-order chi connectivity index (χ1) is 21.6. The predicted octanol–water partition coefficient (Wildman–Crippen LogP) is 2.88. The standard InChI is InChI=1S/C28H36ClF3N8O5S/c1-40(2)46(43,44)39-22(41)5-3-4-16-33-23(42)18-6-12-21(13-7-18)34-24-35-25(37-26(36-24)45-17-28(30,31)32)38-27(14-15-27)19-8-10-20(29)11-9-19/h6-13,23-24,33-34,42H,3-5,14-17H2,1-2H3,(H,39,41)(H2,35,36,37,38). The molecule has 2 unspecified atom stereocenters. The number of carbonyl (C=O) groups is 1. The molecule has 1 saturated carbocycles. The molecule has 0 spiro atoms. The number of anilines is 1. The molecule has 1 heterocycles. The summed E-state index contributed by atoms with van der Waals surface area (Å²) in [4.78, 5) is 20.4. The maximum absolute atomic E-state index is 12.9. The Kier molecular flexibility index (Phi) is 11.4. The molecule has 2 aromatic rings. The minimum Gasteiger partial charge on any atom is -0.455 e. The summed E-state index contributed by atoms with van der Waals surface area (Å²) in [6.07, 6.45) is -4.14. The van der Waals surface area contributed by atoms with Crippen LogP contribution in [0.15, 0.2) is 58.5 Å². The van der Waals surface area contributed by atoms with Gasteiger partial charge in [0.15, 0.2) is 6.61 Å². The maximum Gasteiger partial charge on any atom is 0.422 e. The molecule has 0 bridgehead atoms. The second-order valence-corrected chi connectivity index (χ2v) is 13.2. The number of aliphatic imine (C=N–C) groups is 2. The molecule has 18 heteroatoms. The molecule has 252 valence electrons. The number of hydrogen-bond donors (Lipinski definition) is 6. The highest BCUT2D eigenvalue weighted by atomic mass is 35.5. The second kappa shape index (κ2) is 14.8. The quantitative estimate of drug-likeness (QED) is 0.129. The number of guanidine groups is 1. The molecule has 2 aliphatic rings. The molecule has 2 atom stereocenters. The van der Waals surface area contributed by atoms with Crippen molar-refractivity contribution in [3.05, 3.63) is 64.7 Å². The van der Waals surface area contributed by atoms with Crippen LogP contribution in [0.4, 0.5) is 18.9 Å². The minimum atomic E-state index is -4.56. The largest absolute Gasteiger partial charge is 0.455 e. The summed E-state index contributed by atoms with van der Waals surface area (Å²) in [5, 5.41) is 23.0. The normalized spacial score (nSPS) is 18.1. The highest BCUT2D eigenvalue weighted by Gasteiger charge is 2.45. The summed E-state index contributed by atoms with van der Waals surface area (Å²) in [5.41, 5.74) is 1.56. The minimum absolute atomic E-state index is 0.00909. The molecular weight excluding hydrogens is 653 g/mol. The third-order valence-corrected chi connectivity index (χ3v) is 8.71. The average molecular weight is 689 g/mol. The summed E-state index contributed by atoms with van der Waals surface area (Å²) in [6, 6.07) is 13.5. The van der Waals surface area contributed by atoms with Crippen molar-refractivity contribution in [3.8, 4) is 0 Å². The third kappa shape index (κ3) is 10.4. The number of aliphatic hydroxyl groups excluding tert-OH is 1. The zero-order valence-electron chi connectivity index (χ0n) is 25.1. The van der Waals surface area contributed by atoms with Gasteiger partial charge in [0.2, 0.25) is 18.2 Å². The van der Waals surface area contributed by atoms with Crippen LogP contribution in [0.2, 0.25) is 5.02 Å². The first-order valence-corrected chi connectivity index (χ1v) is 16.1. The SMILES string of the molecule is CN(C)S(=O)(=O)NC(=O)CCCCNC(O)c1ccc(NC2N=C(NC3(c4ccc(Cl)cc4)CC3)NC(OCC(F)(F)F)=N2)cc1. The van der Waals surface area contributed by atoms with Crippen LogP contribution < -0.4 is 26.0 Å². The fraction of sp³-hybridized carbons (Fsp3) is 0.464. The Labute approximate surface area is 269 Å². The van der Waals surface area contributed by atoms with Crippen molar-refractivity contribution in [2.24, 2.45) is 9.98 Å². The Morgan fingerprint density at radius 2 is 1.80 bits per heavy atom. The smallest absolute Gasteiger partial charge is 0.422 e. The molecule has 46 heavy (non-hydrogen) atoms. The van der Waals surface area contributed by atoms with Crippen molar-refractivity contribution in [3.63, 3.8) is 0 Å². The predicted molar refractivity (Wildman–Crippen MR) is 167 cm³/mol. The lowest BCUT2D eigenvalue weighted by Crippen LogP contribution is -2.50. The number of hydrogen-bond acceptors (Lipinski definition) is 11.